The molecule has 0 bridgehead atoms. The zero-order chi connectivity index (χ0) is 12.8. The van der Waals surface area contributed by atoms with E-state index in [2.05, 4.69) is 24.3 Å². The summed E-state index contributed by atoms with van der Waals surface area (Å²) in [6, 6.07) is 16.3. The maximum absolute atomic E-state index is 10.3. The molecule has 0 spiro atoms. The Bertz CT molecular complexity index is 498. The second kappa shape index (κ2) is 6.01. The van der Waals surface area contributed by atoms with Crippen molar-refractivity contribution in [3.8, 4) is 16.9 Å². The van der Waals surface area contributed by atoms with Crippen molar-refractivity contribution in [1.29, 1.82) is 0 Å². The molecule has 0 saturated heterocycles. The van der Waals surface area contributed by atoms with Crippen molar-refractivity contribution in [2.75, 3.05) is 7.11 Å². The van der Waals surface area contributed by atoms with Gasteiger partial charge in [0.1, 0.15) is 12.0 Å². The number of carbonyl (C=O) groups excluding carboxylic acids is 1. The van der Waals surface area contributed by atoms with E-state index in [4.69, 9.17) is 4.74 Å². The van der Waals surface area contributed by atoms with Gasteiger partial charge in [0.15, 0.2) is 0 Å². The van der Waals surface area contributed by atoms with Gasteiger partial charge in [-0.15, -0.1) is 0 Å². The minimum Gasteiger partial charge on any atom is -0.497 e. The quantitative estimate of drug-likeness (QED) is 0.748. The smallest absolute Gasteiger partial charge is 0.120 e. The molecule has 2 aromatic carbocycles. The van der Waals surface area contributed by atoms with Crippen molar-refractivity contribution in [2.45, 2.75) is 12.8 Å². The Morgan fingerprint density at radius 3 is 2.00 bits per heavy atom. The maximum atomic E-state index is 10.3. The highest BCUT2D eigenvalue weighted by Crippen LogP contribution is 2.22. The zero-order valence-corrected chi connectivity index (χ0v) is 10.4. The SMILES string of the molecule is COc1ccc(-c2ccc(CCC=O)cc2)cc1. The Morgan fingerprint density at radius 1 is 0.944 bits per heavy atom. The Balaban J connectivity index is 2.14. The number of ether oxygens (including phenoxy) is 1. The molecule has 0 heterocycles. The highest BCUT2D eigenvalue weighted by Gasteiger charge is 1.99. The van der Waals surface area contributed by atoms with Gasteiger partial charge in [0, 0.05) is 6.42 Å². The lowest BCUT2D eigenvalue weighted by atomic mass is 10.0. The van der Waals surface area contributed by atoms with Crippen LogP contribution in [0.15, 0.2) is 48.5 Å². The van der Waals surface area contributed by atoms with E-state index in [1.807, 2.05) is 24.3 Å². The first-order chi connectivity index (χ1) is 8.83. The summed E-state index contributed by atoms with van der Waals surface area (Å²) in [6.07, 6.45) is 2.35. The molecule has 0 saturated carbocycles. The fourth-order valence-electron chi connectivity index (χ4n) is 1.87. The molecule has 18 heavy (non-hydrogen) atoms. The fraction of sp³-hybridized carbons (Fsp3) is 0.188. The maximum Gasteiger partial charge on any atom is 0.120 e. The van der Waals surface area contributed by atoms with Gasteiger partial charge in [0.2, 0.25) is 0 Å². The summed E-state index contributed by atoms with van der Waals surface area (Å²) in [5.74, 6) is 0.862. The molecule has 0 aliphatic heterocycles. The lowest BCUT2D eigenvalue weighted by molar-refractivity contribution is -0.107. The van der Waals surface area contributed by atoms with Gasteiger partial charge in [-0.1, -0.05) is 36.4 Å². The monoisotopic (exact) mass is 240 g/mol. The summed E-state index contributed by atoms with van der Waals surface area (Å²) in [4.78, 5) is 10.3. The van der Waals surface area contributed by atoms with Crippen LogP contribution in [-0.4, -0.2) is 13.4 Å². The number of carbonyl (C=O) groups is 1. The first-order valence-electron chi connectivity index (χ1n) is 6.00. The second-order valence-electron chi connectivity index (χ2n) is 4.13. The average Bonchev–Trinajstić information content (AvgIpc) is 2.46. The molecule has 0 radical (unpaired) electrons. The van der Waals surface area contributed by atoms with E-state index in [9.17, 15) is 4.79 Å². The van der Waals surface area contributed by atoms with Crippen molar-refractivity contribution >= 4 is 6.29 Å². The van der Waals surface area contributed by atoms with Crippen LogP contribution in [0.4, 0.5) is 0 Å². The predicted molar refractivity (Wildman–Crippen MR) is 72.8 cm³/mol. The van der Waals surface area contributed by atoms with Gasteiger partial charge in [-0.2, -0.15) is 0 Å². The van der Waals surface area contributed by atoms with Crippen LogP contribution in [0.25, 0.3) is 11.1 Å². The Morgan fingerprint density at radius 2 is 1.50 bits per heavy atom. The number of benzene rings is 2. The first kappa shape index (κ1) is 12.4. The molecule has 2 rings (SSSR count). The predicted octanol–water partition coefficient (Wildman–Crippen LogP) is 3.49. The van der Waals surface area contributed by atoms with Gasteiger partial charge < -0.3 is 9.53 Å². The normalized spacial score (nSPS) is 10.1. The minimum atomic E-state index is 0.585. The molecule has 2 aromatic rings. The Labute approximate surface area is 107 Å². The van der Waals surface area contributed by atoms with Gasteiger partial charge in [0.25, 0.3) is 0 Å². The minimum absolute atomic E-state index is 0.585. The van der Waals surface area contributed by atoms with Crippen LogP contribution in [-0.2, 0) is 11.2 Å². The molecule has 0 atom stereocenters. The third-order valence-corrected chi connectivity index (χ3v) is 2.93. The topological polar surface area (TPSA) is 26.3 Å². The van der Waals surface area contributed by atoms with E-state index >= 15 is 0 Å². The summed E-state index contributed by atoms with van der Waals surface area (Å²) in [5.41, 5.74) is 3.53. The highest BCUT2D eigenvalue weighted by molar-refractivity contribution is 5.64. The van der Waals surface area contributed by atoms with E-state index in [1.54, 1.807) is 7.11 Å². The number of aryl methyl sites for hydroxylation is 1. The highest BCUT2D eigenvalue weighted by atomic mass is 16.5. The van der Waals surface area contributed by atoms with E-state index in [0.717, 1.165) is 24.0 Å². The standard InChI is InChI=1S/C16H16O2/c1-18-16-10-8-15(9-11-16)14-6-4-13(5-7-14)3-2-12-17/h4-12H,2-3H2,1H3. The molecule has 0 aromatic heterocycles. The molecule has 0 unspecified atom stereocenters. The average molecular weight is 240 g/mol. The molecule has 0 N–H and O–H groups in total. The number of rotatable bonds is 5. The molecule has 0 amide bonds. The fourth-order valence-corrected chi connectivity index (χ4v) is 1.87. The van der Waals surface area contributed by atoms with E-state index in [-0.39, 0.29) is 0 Å². The first-order valence-corrected chi connectivity index (χ1v) is 6.00. The van der Waals surface area contributed by atoms with E-state index < -0.39 is 0 Å². The van der Waals surface area contributed by atoms with Crippen LogP contribution in [0.1, 0.15) is 12.0 Å². The van der Waals surface area contributed by atoms with Gasteiger partial charge in [-0.05, 0) is 35.2 Å². The number of methoxy groups -OCH3 is 1. The number of hydrogen-bond donors (Lipinski definition) is 0. The van der Waals surface area contributed by atoms with E-state index in [0.29, 0.717) is 6.42 Å². The summed E-state index contributed by atoms with van der Waals surface area (Å²) < 4.78 is 5.14. The van der Waals surface area contributed by atoms with Crippen LogP contribution < -0.4 is 4.74 Å². The zero-order valence-electron chi connectivity index (χ0n) is 10.4. The molecule has 0 fully saturated rings. The Kier molecular flexibility index (Phi) is 4.13. The molecule has 2 nitrogen and oxygen atoms in total. The molecule has 0 aliphatic rings. The lowest BCUT2D eigenvalue weighted by Crippen LogP contribution is -1.86. The summed E-state index contributed by atoms with van der Waals surface area (Å²) in [6.45, 7) is 0. The van der Waals surface area contributed by atoms with Gasteiger partial charge >= 0.3 is 0 Å². The van der Waals surface area contributed by atoms with Crippen molar-refractivity contribution in [1.82, 2.24) is 0 Å². The molecule has 2 heteroatoms. The Hall–Kier alpha value is -2.09. The van der Waals surface area contributed by atoms with Crippen molar-refractivity contribution in [2.24, 2.45) is 0 Å². The van der Waals surface area contributed by atoms with Crippen molar-refractivity contribution in [3.63, 3.8) is 0 Å². The van der Waals surface area contributed by atoms with Crippen LogP contribution in [0.2, 0.25) is 0 Å². The van der Waals surface area contributed by atoms with Crippen LogP contribution in [0.5, 0.6) is 5.75 Å². The largest absolute Gasteiger partial charge is 0.497 e. The number of aldehydes is 1. The van der Waals surface area contributed by atoms with Gasteiger partial charge in [-0.3, -0.25) is 0 Å². The van der Waals surface area contributed by atoms with Crippen LogP contribution in [0.3, 0.4) is 0 Å². The summed E-state index contributed by atoms with van der Waals surface area (Å²) in [7, 11) is 1.66. The lowest BCUT2D eigenvalue weighted by Gasteiger charge is -2.05. The van der Waals surface area contributed by atoms with Gasteiger partial charge in [0.05, 0.1) is 7.11 Å². The van der Waals surface area contributed by atoms with Crippen LogP contribution >= 0.6 is 0 Å². The second-order valence-corrected chi connectivity index (χ2v) is 4.13. The molecular weight excluding hydrogens is 224 g/mol. The molecular formula is C16H16O2. The van der Waals surface area contributed by atoms with Crippen molar-refractivity contribution in [3.05, 3.63) is 54.1 Å². The molecule has 92 valence electrons. The summed E-state index contributed by atoms with van der Waals surface area (Å²) >= 11 is 0. The molecule has 0 aliphatic carbocycles. The van der Waals surface area contributed by atoms with Crippen molar-refractivity contribution < 1.29 is 9.53 Å². The van der Waals surface area contributed by atoms with E-state index in [1.165, 1.54) is 11.1 Å². The van der Waals surface area contributed by atoms with Crippen LogP contribution in [0, 0.1) is 0 Å². The number of hydrogen-bond acceptors (Lipinski definition) is 2. The summed E-state index contributed by atoms with van der Waals surface area (Å²) in [5, 5.41) is 0. The third-order valence-electron chi connectivity index (χ3n) is 2.93. The third kappa shape index (κ3) is 2.98. The van der Waals surface area contributed by atoms with Gasteiger partial charge in [-0.25, -0.2) is 0 Å².